The van der Waals surface area contributed by atoms with Gasteiger partial charge in [0, 0.05) is 49.0 Å². The minimum atomic E-state index is -1.05. The molecule has 1 spiro atoms. The summed E-state index contributed by atoms with van der Waals surface area (Å²) < 4.78 is 18.2. The van der Waals surface area contributed by atoms with E-state index < -0.39 is 5.60 Å². The van der Waals surface area contributed by atoms with E-state index in [0.29, 0.717) is 30.0 Å². The molecular formula is C27H35NO5. The van der Waals surface area contributed by atoms with Crippen molar-refractivity contribution >= 4 is 5.91 Å². The number of benzene rings is 2. The van der Waals surface area contributed by atoms with Gasteiger partial charge in [-0.25, -0.2) is 0 Å². The van der Waals surface area contributed by atoms with Gasteiger partial charge in [0.05, 0.1) is 24.9 Å². The summed E-state index contributed by atoms with van der Waals surface area (Å²) in [5.41, 5.74) is 0.950. The van der Waals surface area contributed by atoms with Crippen LogP contribution >= 0.6 is 0 Å². The van der Waals surface area contributed by atoms with Crippen LogP contribution in [0.1, 0.15) is 74.5 Å². The van der Waals surface area contributed by atoms with Crippen molar-refractivity contribution in [3.05, 3.63) is 59.2 Å². The minimum Gasteiger partial charge on any atom is -0.496 e. The maximum absolute atomic E-state index is 13.3. The number of hydrogen-bond donors (Lipinski definition) is 1. The van der Waals surface area contributed by atoms with Crippen molar-refractivity contribution in [3.8, 4) is 11.5 Å². The van der Waals surface area contributed by atoms with Gasteiger partial charge in [0.2, 0.25) is 0 Å². The lowest BCUT2D eigenvalue weighted by atomic mass is 9.81. The van der Waals surface area contributed by atoms with Crippen LogP contribution in [0.15, 0.2) is 42.5 Å². The molecule has 6 nitrogen and oxygen atoms in total. The van der Waals surface area contributed by atoms with Gasteiger partial charge in [-0.15, -0.1) is 0 Å². The Balaban J connectivity index is 1.49. The van der Waals surface area contributed by atoms with E-state index in [1.165, 1.54) is 0 Å². The topological polar surface area (TPSA) is 68.2 Å². The molecule has 0 saturated carbocycles. The molecule has 178 valence electrons. The number of carbonyl (C=O) groups excluding carboxylic acids is 1. The number of carbonyl (C=O) groups is 1. The smallest absolute Gasteiger partial charge is 0.253 e. The first-order chi connectivity index (χ1) is 15.6. The Bertz CT molecular complexity index is 1000. The maximum atomic E-state index is 13.3. The van der Waals surface area contributed by atoms with Crippen LogP contribution < -0.4 is 9.47 Å². The highest BCUT2D eigenvalue weighted by Crippen LogP contribution is 2.46. The SMILES string of the molecule is COc1cc(C(=O)N2CCC3(CC2)C[C@@H](OC(C)C)c2ccccc2O3)ccc1C(C)(C)O. The van der Waals surface area contributed by atoms with E-state index >= 15 is 0 Å². The molecule has 0 radical (unpaired) electrons. The van der Waals surface area contributed by atoms with E-state index in [1.54, 1.807) is 39.2 Å². The lowest BCUT2D eigenvalue weighted by Gasteiger charge is -2.47. The van der Waals surface area contributed by atoms with Crippen molar-refractivity contribution in [1.82, 2.24) is 4.90 Å². The number of nitrogens with zero attached hydrogens (tertiary/aromatic N) is 1. The fraction of sp³-hybridized carbons (Fsp3) is 0.519. The minimum absolute atomic E-state index is 0.00385. The van der Waals surface area contributed by atoms with Gasteiger partial charge in [0.25, 0.3) is 5.91 Å². The Kier molecular flexibility index (Phi) is 6.43. The van der Waals surface area contributed by atoms with Gasteiger partial charge in [-0.3, -0.25) is 4.79 Å². The summed E-state index contributed by atoms with van der Waals surface area (Å²) in [6, 6.07) is 13.4. The van der Waals surface area contributed by atoms with Crippen molar-refractivity contribution < 1.29 is 24.1 Å². The van der Waals surface area contributed by atoms with Gasteiger partial charge >= 0.3 is 0 Å². The Morgan fingerprint density at radius 2 is 1.88 bits per heavy atom. The number of fused-ring (bicyclic) bond motifs is 1. The van der Waals surface area contributed by atoms with Crippen LogP contribution in [0, 0.1) is 0 Å². The highest BCUT2D eigenvalue weighted by atomic mass is 16.5. The van der Waals surface area contributed by atoms with Crippen molar-refractivity contribution in [1.29, 1.82) is 0 Å². The first-order valence-corrected chi connectivity index (χ1v) is 11.8. The highest BCUT2D eigenvalue weighted by Gasteiger charge is 2.44. The zero-order chi connectivity index (χ0) is 23.8. The lowest BCUT2D eigenvalue weighted by Crippen LogP contribution is -2.52. The van der Waals surface area contributed by atoms with Gasteiger partial charge in [-0.05, 0) is 45.9 Å². The summed E-state index contributed by atoms with van der Waals surface area (Å²) in [6.45, 7) is 8.76. The second-order valence-electron chi connectivity index (χ2n) is 9.97. The molecule has 0 unspecified atom stereocenters. The molecule has 4 rings (SSSR count). The Labute approximate surface area is 196 Å². The molecule has 2 aromatic carbocycles. The molecule has 1 fully saturated rings. The predicted octanol–water partition coefficient (Wildman–Crippen LogP) is 4.85. The molecule has 1 saturated heterocycles. The largest absolute Gasteiger partial charge is 0.496 e. The molecule has 1 N–H and O–H groups in total. The fourth-order valence-corrected chi connectivity index (χ4v) is 4.95. The van der Waals surface area contributed by atoms with Crippen LogP contribution in [0.2, 0.25) is 0 Å². The standard InChI is InChI=1S/C27H35NO5/c1-18(2)32-24-17-27(33-22-9-7-6-8-20(22)24)12-14-28(15-13-27)25(29)19-10-11-21(26(3,4)30)23(16-19)31-5/h6-11,16,18,24,30H,12-15,17H2,1-5H3/t24-/m1/s1. The maximum Gasteiger partial charge on any atom is 0.253 e. The summed E-state index contributed by atoms with van der Waals surface area (Å²) in [7, 11) is 1.55. The van der Waals surface area contributed by atoms with Gasteiger partial charge in [0.1, 0.15) is 17.1 Å². The normalized spacial score (nSPS) is 19.8. The summed E-state index contributed by atoms with van der Waals surface area (Å²) in [5.74, 6) is 1.38. The first kappa shape index (κ1) is 23.6. The molecule has 33 heavy (non-hydrogen) atoms. The average molecular weight is 454 g/mol. The van der Waals surface area contributed by atoms with Gasteiger partial charge < -0.3 is 24.2 Å². The Hall–Kier alpha value is -2.57. The fourth-order valence-electron chi connectivity index (χ4n) is 4.95. The number of aliphatic hydroxyl groups is 1. The Morgan fingerprint density at radius 1 is 1.18 bits per heavy atom. The molecule has 2 aliphatic heterocycles. The highest BCUT2D eigenvalue weighted by molar-refractivity contribution is 5.95. The van der Waals surface area contributed by atoms with Crippen LogP contribution in [0.3, 0.4) is 0 Å². The zero-order valence-corrected chi connectivity index (χ0v) is 20.3. The number of methoxy groups -OCH3 is 1. The molecule has 2 heterocycles. The monoisotopic (exact) mass is 453 g/mol. The van der Waals surface area contributed by atoms with Crippen LogP contribution in [-0.4, -0.2) is 47.8 Å². The van der Waals surface area contributed by atoms with Crippen molar-refractivity contribution in [2.75, 3.05) is 20.2 Å². The molecular weight excluding hydrogens is 418 g/mol. The number of ether oxygens (including phenoxy) is 3. The number of amides is 1. The lowest BCUT2D eigenvalue weighted by molar-refractivity contribution is -0.0872. The predicted molar refractivity (Wildman–Crippen MR) is 127 cm³/mol. The van der Waals surface area contributed by atoms with Gasteiger partial charge in [-0.1, -0.05) is 24.3 Å². The number of hydrogen-bond acceptors (Lipinski definition) is 5. The van der Waals surface area contributed by atoms with Crippen molar-refractivity contribution in [2.45, 2.75) is 70.4 Å². The van der Waals surface area contributed by atoms with Gasteiger partial charge in [-0.2, -0.15) is 0 Å². The van der Waals surface area contributed by atoms with E-state index in [-0.39, 0.29) is 23.7 Å². The van der Waals surface area contributed by atoms with Crippen LogP contribution in [-0.2, 0) is 10.3 Å². The average Bonchev–Trinajstić information content (AvgIpc) is 2.77. The summed E-state index contributed by atoms with van der Waals surface area (Å²) in [5, 5.41) is 10.4. The molecule has 1 atom stereocenters. The van der Waals surface area contributed by atoms with Crippen molar-refractivity contribution in [2.24, 2.45) is 0 Å². The van der Waals surface area contributed by atoms with Crippen LogP contribution in [0.4, 0.5) is 0 Å². The quantitative estimate of drug-likeness (QED) is 0.701. The van der Waals surface area contributed by atoms with E-state index in [2.05, 4.69) is 19.9 Å². The number of para-hydroxylation sites is 1. The second-order valence-corrected chi connectivity index (χ2v) is 9.97. The van der Waals surface area contributed by atoms with E-state index in [9.17, 15) is 9.90 Å². The first-order valence-electron chi connectivity index (χ1n) is 11.8. The molecule has 0 aromatic heterocycles. The van der Waals surface area contributed by atoms with E-state index in [4.69, 9.17) is 14.2 Å². The summed E-state index contributed by atoms with van der Waals surface area (Å²) in [4.78, 5) is 15.1. The third kappa shape index (κ3) is 4.87. The number of rotatable bonds is 5. The third-order valence-corrected chi connectivity index (χ3v) is 6.66. The molecule has 0 bridgehead atoms. The van der Waals surface area contributed by atoms with Gasteiger partial charge in [0.15, 0.2) is 0 Å². The molecule has 1 amide bonds. The summed E-state index contributed by atoms with van der Waals surface area (Å²) in [6.07, 6.45) is 2.42. The molecule has 2 aromatic rings. The van der Waals surface area contributed by atoms with Crippen LogP contribution in [0.5, 0.6) is 11.5 Å². The van der Waals surface area contributed by atoms with E-state index in [1.807, 2.05) is 23.1 Å². The van der Waals surface area contributed by atoms with E-state index in [0.717, 1.165) is 30.6 Å². The summed E-state index contributed by atoms with van der Waals surface area (Å²) >= 11 is 0. The number of piperidine rings is 1. The molecule has 0 aliphatic carbocycles. The number of likely N-dealkylation sites (tertiary alicyclic amines) is 1. The molecule has 2 aliphatic rings. The third-order valence-electron chi connectivity index (χ3n) is 6.66. The van der Waals surface area contributed by atoms with Crippen LogP contribution in [0.25, 0.3) is 0 Å². The molecule has 6 heteroatoms. The van der Waals surface area contributed by atoms with Crippen molar-refractivity contribution in [3.63, 3.8) is 0 Å². The second kappa shape index (κ2) is 8.99. The Morgan fingerprint density at radius 3 is 2.52 bits per heavy atom. The zero-order valence-electron chi connectivity index (χ0n) is 20.3.